The Morgan fingerprint density at radius 2 is 1.71 bits per heavy atom. The van der Waals surface area contributed by atoms with Crippen LogP contribution < -0.4 is 0 Å². The highest BCUT2D eigenvalue weighted by Gasteiger charge is 2.42. The van der Waals surface area contributed by atoms with Crippen LogP contribution in [0.25, 0.3) is 5.57 Å². The van der Waals surface area contributed by atoms with Gasteiger partial charge >= 0.3 is 0 Å². The Balaban J connectivity index is 2.30. The molecule has 0 N–H and O–H groups in total. The lowest BCUT2D eigenvalue weighted by atomic mass is 9.72. The van der Waals surface area contributed by atoms with Gasteiger partial charge in [-0.25, -0.2) is 0 Å². The van der Waals surface area contributed by atoms with E-state index in [0.717, 1.165) is 0 Å². The minimum Gasteiger partial charge on any atom is -0.0795 e. The van der Waals surface area contributed by atoms with Gasteiger partial charge in [0.05, 0.1) is 0 Å². The van der Waals surface area contributed by atoms with E-state index in [2.05, 4.69) is 50.3 Å². The van der Waals surface area contributed by atoms with Crippen LogP contribution in [0.4, 0.5) is 0 Å². The van der Waals surface area contributed by atoms with Crippen molar-refractivity contribution in [2.75, 3.05) is 0 Å². The molecule has 0 aromatic heterocycles. The number of rotatable bonds is 2. The van der Waals surface area contributed by atoms with Crippen LogP contribution in [0, 0.1) is 0 Å². The summed E-state index contributed by atoms with van der Waals surface area (Å²) in [7, 11) is 0. The summed E-state index contributed by atoms with van der Waals surface area (Å²) in [5, 5.41) is 0. The number of fused-ring (bicyclic) bond motifs is 3. The third-order valence-electron chi connectivity index (χ3n) is 4.61. The van der Waals surface area contributed by atoms with Crippen molar-refractivity contribution in [3.8, 4) is 0 Å². The van der Waals surface area contributed by atoms with E-state index in [-0.39, 0.29) is 0 Å². The molecule has 17 heavy (non-hydrogen) atoms. The summed E-state index contributed by atoms with van der Waals surface area (Å²) in [6.07, 6.45) is 9.78. The van der Waals surface area contributed by atoms with Crippen molar-refractivity contribution in [3.05, 3.63) is 53.1 Å². The van der Waals surface area contributed by atoms with Gasteiger partial charge in [-0.05, 0) is 48.0 Å². The molecule has 0 saturated carbocycles. The summed E-state index contributed by atoms with van der Waals surface area (Å²) in [6, 6.07) is 9.00. The van der Waals surface area contributed by atoms with Crippen LogP contribution in [-0.4, -0.2) is 0 Å². The van der Waals surface area contributed by atoms with Crippen LogP contribution in [0.1, 0.15) is 50.7 Å². The van der Waals surface area contributed by atoms with E-state index < -0.39 is 0 Å². The number of benzene rings is 1. The highest BCUT2D eigenvalue weighted by atomic mass is 14.5. The Morgan fingerprint density at radius 3 is 2.47 bits per heavy atom. The van der Waals surface area contributed by atoms with Crippen molar-refractivity contribution in [2.24, 2.45) is 0 Å². The van der Waals surface area contributed by atoms with Gasteiger partial charge < -0.3 is 0 Å². The zero-order valence-corrected chi connectivity index (χ0v) is 10.8. The van der Waals surface area contributed by atoms with Gasteiger partial charge in [-0.1, -0.05) is 50.3 Å². The van der Waals surface area contributed by atoms with Crippen LogP contribution in [0.3, 0.4) is 0 Å². The molecule has 0 heteroatoms. The maximum absolute atomic E-state index is 2.49. The second kappa shape index (κ2) is 3.87. The Morgan fingerprint density at radius 1 is 1.00 bits per heavy atom. The maximum atomic E-state index is 2.49. The van der Waals surface area contributed by atoms with Gasteiger partial charge in [0, 0.05) is 5.41 Å². The van der Waals surface area contributed by atoms with E-state index in [9.17, 15) is 0 Å². The molecule has 0 spiro atoms. The first kappa shape index (κ1) is 10.8. The predicted molar refractivity (Wildman–Crippen MR) is 74.0 cm³/mol. The van der Waals surface area contributed by atoms with Crippen molar-refractivity contribution in [3.63, 3.8) is 0 Å². The van der Waals surface area contributed by atoms with E-state index in [0.29, 0.717) is 5.41 Å². The van der Waals surface area contributed by atoms with E-state index in [1.54, 1.807) is 11.1 Å². The average molecular weight is 224 g/mol. The molecule has 0 radical (unpaired) electrons. The monoisotopic (exact) mass is 224 g/mol. The van der Waals surface area contributed by atoms with Gasteiger partial charge in [-0.2, -0.15) is 0 Å². The van der Waals surface area contributed by atoms with Crippen LogP contribution in [0.15, 0.2) is 42.0 Å². The Labute approximate surface area is 104 Å². The molecule has 0 atom stereocenters. The SMILES string of the molecule is CCC1(CC)C2=CCCC=C2c2ccccc21. The molecule has 2 aliphatic rings. The van der Waals surface area contributed by atoms with Crippen molar-refractivity contribution in [1.82, 2.24) is 0 Å². The van der Waals surface area contributed by atoms with Gasteiger partial charge in [0.15, 0.2) is 0 Å². The Bertz CT molecular complexity index is 499. The molecule has 0 nitrogen and oxygen atoms in total. The fourth-order valence-electron chi connectivity index (χ4n) is 3.68. The molecule has 88 valence electrons. The number of allylic oxidation sites excluding steroid dienone is 4. The zero-order chi connectivity index (χ0) is 11.9. The second-order valence-electron chi connectivity index (χ2n) is 5.15. The molecule has 1 aromatic carbocycles. The van der Waals surface area contributed by atoms with Crippen molar-refractivity contribution in [1.29, 1.82) is 0 Å². The molecule has 0 unspecified atom stereocenters. The van der Waals surface area contributed by atoms with Crippen molar-refractivity contribution >= 4 is 5.57 Å². The molecule has 0 bridgehead atoms. The summed E-state index contributed by atoms with van der Waals surface area (Å²) < 4.78 is 0. The summed E-state index contributed by atoms with van der Waals surface area (Å²) in [6.45, 7) is 4.66. The standard InChI is InChI=1S/C17H20/c1-3-17(4-2)15-11-7-5-9-13(15)14-10-6-8-12-16(14)17/h5,7,9-12H,3-4,6,8H2,1-2H3. The summed E-state index contributed by atoms with van der Waals surface area (Å²) >= 11 is 0. The lowest BCUT2D eigenvalue weighted by molar-refractivity contribution is 0.488. The fourth-order valence-corrected chi connectivity index (χ4v) is 3.68. The second-order valence-corrected chi connectivity index (χ2v) is 5.15. The maximum Gasteiger partial charge on any atom is 0.0206 e. The lowest BCUT2D eigenvalue weighted by Gasteiger charge is -2.31. The summed E-state index contributed by atoms with van der Waals surface area (Å²) in [5.41, 5.74) is 6.47. The third-order valence-corrected chi connectivity index (χ3v) is 4.61. The van der Waals surface area contributed by atoms with E-state index in [4.69, 9.17) is 0 Å². The fraction of sp³-hybridized carbons (Fsp3) is 0.412. The van der Waals surface area contributed by atoms with E-state index >= 15 is 0 Å². The molecular formula is C17H20. The molecule has 0 saturated heterocycles. The lowest BCUT2D eigenvalue weighted by Crippen LogP contribution is -2.23. The topological polar surface area (TPSA) is 0 Å². The summed E-state index contributed by atoms with van der Waals surface area (Å²) in [4.78, 5) is 0. The number of hydrogen-bond acceptors (Lipinski definition) is 0. The van der Waals surface area contributed by atoms with Crippen molar-refractivity contribution < 1.29 is 0 Å². The van der Waals surface area contributed by atoms with Crippen LogP contribution in [-0.2, 0) is 5.41 Å². The first-order chi connectivity index (χ1) is 8.33. The molecule has 2 aliphatic carbocycles. The van der Waals surface area contributed by atoms with E-state index in [1.807, 2.05) is 0 Å². The Kier molecular flexibility index (Phi) is 2.47. The first-order valence-corrected chi connectivity index (χ1v) is 6.84. The predicted octanol–water partition coefficient (Wildman–Crippen LogP) is 4.86. The van der Waals surface area contributed by atoms with Gasteiger partial charge in [0.2, 0.25) is 0 Å². The van der Waals surface area contributed by atoms with Crippen LogP contribution in [0.2, 0.25) is 0 Å². The molecule has 0 fully saturated rings. The van der Waals surface area contributed by atoms with Gasteiger partial charge in [0.1, 0.15) is 0 Å². The highest BCUT2D eigenvalue weighted by Crippen LogP contribution is 2.54. The van der Waals surface area contributed by atoms with Gasteiger partial charge in [-0.3, -0.25) is 0 Å². The molecule has 0 heterocycles. The highest BCUT2D eigenvalue weighted by molar-refractivity contribution is 5.90. The van der Waals surface area contributed by atoms with Crippen LogP contribution >= 0.6 is 0 Å². The largest absolute Gasteiger partial charge is 0.0795 e. The average Bonchev–Trinajstić information content (AvgIpc) is 2.70. The number of hydrogen-bond donors (Lipinski definition) is 0. The minimum atomic E-state index is 0.294. The molecule has 1 aromatic rings. The Hall–Kier alpha value is -1.30. The summed E-state index contributed by atoms with van der Waals surface area (Å²) in [5.74, 6) is 0. The van der Waals surface area contributed by atoms with Crippen molar-refractivity contribution in [2.45, 2.75) is 44.9 Å². The quantitative estimate of drug-likeness (QED) is 0.673. The van der Waals surface area contributed by atoms with Gasteiger partial charge in [0.25, 0.3) is 0 Å². The molecular weight excluding hydrogens is 204 g/mol. The van der Waals surface area contributed by atoms with Gasteiger partial charge in [-0.15, -0.1) is 0 Å². The smallest absolute Gasteiger partial charge is 0.0206 e. The minimum absolute atomic E-state index is 0.294. The van der Waals surface area contributed by atoms with Crippen LogP contribution in [0.5, 0.6) is 0 Å². The first-order valence-electron chi connectivity index (χ1n) is 6.84. The zero-order valence-electron chi connectivity index (χ0n) is 10.8. The van der Waals surface area contributed by atoms with E-state index in [1.165, 1.54) is 36.8 Å². The normalized spacial score (nSPS) is 20.4. The molecule has 0 aliphatic heterocycles. The third kappa shape index (κ3) is 1.30. The molecule has 3 rings (SSSR count). The molecule has 0 amide bonds.